The van der Waals surface area contributed by atoms with Crippen LogP contribution in [0.25, 0.3) is 0 Å². The number of carbonyl (C=O) groups excluding carboxylic acids is 2. The van der Waals surface area contributed by atoms with Gasteiger partial charge in [0.2, 0.25) is 11.8 Å². The molecule has 1 saturated heterocycles. The van der Waals surface area contributed by atoms with E-state index in [9.17, 15) is 22.8 Å². The van der Waals surface area contributed by atoms with E-state index in [-0.39, 0.29) is 23.8 Å². The van der Waals surface area contributed by atoms with Gasteiger partial charge in [-0.3, -0.25) is 19.4 Å². The van der Waals surface area contributed by atoms with Crippen LogP contribution in [0.1, 0.15) is 24.5 Å². The first kappa shape index (κ1) is 23.6. The van der Waals surface area contributed by atoms with Crippen LogP contribution in [0.4, 0.5) is 30.2 Å². The van der Waals surface area contributed by atoms with Gasteiger partial charge in [-0.1, -0.05) is 0 Å². The lowest BCUT2D eigenvalue weighted by molar-refractivity contribution is -0.137. The molecule has 1 atom stereocenters. The molecule has 0 saturated carbocycles. The van der Waals surface area contributed by atoms with Crippen molar-refractivity contribution < 1.29 is 22.8 Å². The Balaban J connectivity index is 1.48. The van der Waals surface area contributed by atoms with E-state index in [0.29, 0.717) is 25.2 Å². The van der Waals surface area contributed by atoms with Gasteiger partial charge >= 0.3 is 6.18 Å². The molecule has 0 radical (unpaired) electrons. The average molecular weight is 471 g/mol. The molecule has 178 valence electrons. The molecule has 0 bridgehead atoms. The van der Waals surface area contributed by atoms with E-state index >= 15 is 0 Å². The maximum atomic E-state index is 13.4. The van der Waals surface area contributed by atoms with Gasteiger partial charge in [-0.2, -0.15) is 18.4 Å². The number of alkyl halides is 3. The maximum absolute atomic E-state index is 13.4. The Labute approximate surface area is 195 Å². The second-order valence-corrected chi connectivity index (χ2v) is 8.41. The van der Waals surface area contributed by atoms with Crippen LogP contribution in [0, 0.1) is 11.3 Å². The molecule has 0 spiro atoms. The minimum Gasteiger partial charge on any atom is -0.370 e. The minimum absolute atomic E-state index is 0.0190. The molecule has 2 aromatic rings. The van der Waals surface area contributed by atoms with Crippen LogP contribution in [0.5, 0.6) is 0 Å². The predicted molar refractivity (Wildman–Crippen MR) is 121 cm³/mol. The van der Waals surface area contributed by atoms with Crippen molar-refractivity contribution in [1.29, 1.82) is 5.26 Å². The Kier molecular flexibility index (Phi) is 6.48. The molecule has 2 aliphatic heterocycles. The molecule has 1 fully saturated rings. The Morgan fingerprint density at radius 3 is 2.50 bits per heavy atom. The van der Waals surface area contributed by atoms with Gasteiger partial charge in [-0.25, -0.2) is 0 Å². The monoisotopic (exact) mass is 471 g/mol. The van der Waals surface area contributed by atoms with Crippen LogP contribution in [0.3, 0.4) is 0 Å². The number of anilines is 3. The molecule has 7 nitrogen and oxygen atoms in total. The minimum atomic E-state index is -4.55. The summed E-state index contributed by atoms with van der Waals surface area (Å²) >= 11 is 0. The smallest absolute Gasteiger partial charge is 0.370 e. The zero-order valence-corrected chi connectivity index (χ0v) is 18.6. The first-order valence-corrected chi connectivity index (χ1v) is 11.0. The Bertz CT molecular complexity index is 1130. The van der Waals surface area contributed by atoms with E-state index in [1.165, 1.54) is 11.0 Å². The third-order valence-corrected chi connectivity index (χ3v) is 6.25. The fraction of sp³-hybridized carbons (Fsp3) is 0.375. The molecular weight excluding hydrogens is 447 g/mol. The fourth-order valence-corrected chi connectivity index (χ4v) is 4.37. The highest BCUT2D eigenvalue weighted by Gasteiger charge is 2.36. The van der Waals surface area contributed by atoms with Crippen LogP contribution in [0.2, 0.25) is 0 Å². The molecule has 2 aromatic carbocycles. The van der Waals surface area contributed by atoms with Crippen LogP contribution in [-0.4, -0.2) is 55.5 Å². The van der Waals surface area contributed by atoms with E-state index in [1.54, 1.807) is 19.1 Å². The average Bonchev–Trinajstić information content (AvgIpc) is 3.08. The first-order chi connectivity index (χ1) is 16.2. The SMILES string of the molecule is CC(C(=O)N1CC(=O)Nc2cc(C(F)(F)F)ccc21)N1CCCN(c2ccc(C#N)cc2)CC1. The number of carbonyl (C=O) groups is 2. The third-order valence-electron chi connectivity index (χ3n) is 6.25. The lowest BCUT2D eigenvalue weighted by Crippen LogP contribution is -2.52. The number of rotatable bonds is 3. The van der Waals surface area contributed by atoms with Crippen molar-refractivity contribution in [1.82, 2.24) is 4.90 Å². The first-order valence-electron chi connectivity index (χ1n) is 11.0. The van der Waals surface area contributed by atoms with Crippen LogP contribution in [-0.2, 0) is 15.8 Å². The van der Waals surface area contributed by atoms with Crippen molar-refractivity contribution in [3.05, 3.63) is 53.6 Å². The number of halogens is 3. The number of nitrogens with zero attached hydrogens (tertiary/aromatic N) is 4. The number of nitrogens with one attached hydrogen (secondary N) is 1. The molecule has 2 amide bonds. The molecule has 2 aliphatic rings. The number of fused-ring (bicyclic) bond motifs is 1. The zero-order chi connectivity index (χ0) is 24.5. The van der Waals surface area contributed by atoms with Gasteiger partial charge in [-0.15, -0.1) is 0 Å². The summed E-state index contributed by atoms with van der Waals surface area (Å²) in [5.41, 5.74) is 0.951. The summed E-state index contributed by atoms with van der Waals surface area (Å²) in [7, 11) is 0. The molecule has 4 rings (SSSR count). The maximum Gasteiger partial charge on any atom is 0.416 e. The quantitative estimate of drug-likeness (QED) is 0.742. The van der Waals surface area contributed by atoms with E-state index < -0.39 is 23.7 Å². The van der Waals surface area contributed by atoms with E-state index in [0.717, 1.165) is 30.8 Å². The van der Waals surface area contributed by atoms with Crippen LogP contribution in [0.15, 0.2) is 42.5 Å². The van der Waals surface area contributed by atoms with Gasteiger partial charge < -0.3 is 10.2 Å². The molecule has 0 aromatic heterocycles. The number of nitriles is 1. The zero-order valence-electron chi connectivity index (χ0n) is 18.6. The van der Waals surface area contributed by atoms with Gasteiger partial charge in [0.25, 0.3) is 0 Å². The standard InChI is InChI=1S/C24H24F3N5O2/c1-16(30-9-2-10-31(12-11-30)19-6-3-17(14-28)4-7-19)23(34)32-15-22(33)29-20-13-18(24(25,26)27)5-8-21(20)32/h3-8,13,16H,2,9-12,15H2,1H3,(H,29,33). The number of hydrogen-bond acceptors (Lipinski definition) is 5. The Morgan fingerprint density at radius 2 is 1.82 bits per heavy atom. The highest BCUT2D eigenvalue weighted by atomic mass is 19.4. The van der Waals surface area contributed by atoms with E-state index in [2.05, 4.69) is 16.3 Å². The van der Waals surface area contributed by atoms with Crippen LogP contribution >= 0.6 is 0 Å². The summed E-state index contributed by atoms with van der Waals surface area (Å²) in [6.07, 6.45) is -3.74. The third kappa shape index (κ3) is 4.84. The summed E-state index contributed by atoms with van der Waals surface area (Å²) in [6.45, 7) is 4.25. The molecule has 10 heteroatoms. The van der Waals surface area contributed by atoms with Gasteiger partial charge in [0.05, 0.1) is 34.6 Å². The van der Waals surface area contributed by atoms with Crippen molar-refractivity contribution in [2.75, 3.05) is 47.8 Å². The lowest BCUT2D eigenvalue weighted by atomic mass is 10.1. The summed E-state index contributed by atoms with van der Waals surface area (Å²) < 4.78 is 39.3. The largest absolute Gasteiger partial charge is 0.416 e. The van der Waals surface area contributed by atoms with E-state index in [4.69, 9.17) is 5.26 Å². The van der Waals surface area contributed by atoms with Crippen molar-refractivity contribution in [2.45, 2.75) is 25.6 Å². The van der Waals surface area contributed by atoms with Crippen LogP contribution < -0.4 is 15.1 Å². The Hall–Kier alpha value is -3.58. The fourth-order valence-electron chi connectivity index (χ4n) is 4.37. The molecule has 2 heterocycles. The summed E-state index contributed by atoms with van der Waals surface area (Å²) in [6, 6.07) is 11.9. The van der Waals surface area contributed by atoms with Gasteiger partial charge in [0.15, 0.2) is 0 Å². The summed E-state index contributed by atoms with van der Waals surface area (Å²) in [4.78, 5) is 31.0. The number of benzene rings is 2. The van der Waals surface area contributed by atoms with Crippen molar-refractivity contribution in [2.24, 2.45) is 0 Å². The molecule has 1 unspecified atom stereocenters. The van der Waals surface area contributed by atoms with E-state index in [1.807, 2.05) is 17.0 Å². The highest BCUT2D eigenvalue weighted by Crippen LogP contribution is 2.37. The molecule has 0 aliphatic carbocycles. The second kappa shape index (κ2) is 9.35. The highest BCUT2D eigenvalue weighted by molar-refractivity contribution is 6.11. The number of amides is 2. The van der Waals surface area contributed by atoms with Gasteiger partial charge in [0.1, 0.15) is 6.54 Å². The van der Waals surface area contributed by atoms with Gasteiger partial charge in [-0.05, 0) is 55.8 Å². The van der Waals surface area contributed by atoms with Gasteiger partial charge in [0, 0.05) is 31.9 Å². The van der Waals surface area contributed by atoms with Crippen molar-refractivity contribution in [3.8, 4) is 6.07 Å². The number of hydrogen-bond donors (Lipinski definition) is 1. The molecule has 34 heavy (non-hydrogen) atoms. The topological polar surface area (TPSA) is 79.7 Å². The van der Waals surface area contributed by atoms with Crippen molar-refractivity contribution in [3.63, 3.8) is 0 Å². The predicted octanol–water partition coefficient (Wildman–Crippen LogP) is 3.46. The normalized spacial score (nSPS) is 17.9. The van der Waals surface area contributed by atoms with Crippen molar-refractivity contribution >= 4 is 28.9 Å². The molecule has 1 N–H and O–H groups in total. The lowest BCUT2D eigenvalue weighted by Gasteiger charge is -2.35. The summed E-state index contributed by atoms with van der Waals surface area (Å²) in [5, 5.41) is 11.4. The second-order valence-electron chi connectivity index (χ2n) is 8.41. The Morgan fingerprint density at radius 1 is 1.09 bits per heavy atom. The summed E-state index contributed by atoms with van der Waals surface area (Å²) in [5.74, 6) is -0.863. The molecular formula is C24H24F3N5O2.